The number of hydrogen-bond acceptors (Lipinski definition) is 3. The minimum atomic E-state index is 0.0294. The van der Waals surface area contributed by atoms with Crippen LogP contribution in [0.4, 0.5) is 0 Å². The summed E-state index contributed by atoms with van der Waals surface area (Å²) in [6.45, 7) is 5.29. The summed E-state index contributed by atoms with van der Waals surface area (Å²) >= 11 is 0. The van der Waals surface area contributed by atoms with E-state index in [1.165, 1.54) is 0 Å². The van der Waals surface area contributed by atoms with E-state index in [4.69, 9.17) is 9.47 Å². The van der Waals surface area contributed by atoms with Crippen molar-refractivity contribution in [3.05, 3.63) is 95.6 Å². The molecule has 3 heteroatoms. The predicted octanol–water partition coefficient (Wildman–Crippen LogP) is 5.84. The van der Waals surface area contributed by atoms with Gasteiger partial charge in [-0.25, -0.2) is 0 Å². The molecule has 3 rings (SSSR count). The van der Waals surface area contributed by atoms with Crippen LogP contribution in [0.5, 0.6) is 11.5 Å². The lowest BCUT2D eigenvalue weighted by atomic mass is 10.1. The van der Waals surface area contributed by atoms with Crippen molar-refractivity contribution in [3.63, 3.8) is 0 Å². The first-order valence-corrected chi connectivity index (χ1v) is 9.28. The first kappa shape index (κ1) is 18.7. The van der Waals surface area contributed by atoms with Crippen molar-refractivity contribution in [3.8, 4) is 11.5 Å². The fraction of sp³-hybridized carbons (Fsp3) is 0.208. The molecule has 0 spiro atoms. The molecule has 3 aromatic carbocycles. The Morgan fingerprint density at radius 3 is 2.30 bits per heavy atom. The highest BCUT2D eigenvalue weighted by molar-refractivity contribution is 5.80. The summed E-state index contributed by atoms with van der Waals surface area (Å²) in [4.78, 5) is 4.68. The lowest BCUT2D eigenvalue weighted by Gasteiger charge is -2.13. The third-order valence-corrected chi connectivity index (χ3v) is 4.24. The van der Waals surface area contributed by atoms with Gasteiger partial charge in [0, 0.05) is 11.8 Å². The van der Waals surface area contributed by atoms with E-state index in [9.17, 15) is 0 Å². The number of ether oxygens (including phenoxy) is 2. The van der Waals surface area contributed by atoms with Gasteiger partial charge in [0.1, 0.15) is 18.1 Å². The summed E-state index contributed by atoms with van der Waals surface area (Å²) < 4.78 is 11.5. The van der Waals surface area contributed by atoms with Gasteiger partial charge in [0.05, 0.1) is 12.6 Å². The summed E-state index contributed by atoms with van der Waals surface area (Å²) in [5, 5.41) is 0. The summed E-state index contributed by atoms with van der Waals surface area (Å²) in [6.07, 6.45) is 1.90. The maximum Gasteiger partial charge on any atom is 0.124 e. The van der Waals surface area contributed by atoms with Gasteiger partial charge in [0.15, 0.2) is 0 Å². The Kier molecular flexibility index (Phi) is 6.64. The molecule has 1 unspecified atom stereocenters. The Morgan fingerprint density at radius 1 is 0.852 bits per heavy atom. The predicted molar refractivity (Wildman–Crippen MR) is 111 cm³/mol. The summed E-state index contributed by atoms with van der Waals surface area (Å²) in [5.41, 5.74) is 3.30. The smallest absolute Gasteiger partial charge is 0.124 e. The Hall–Kier alpha value is -3.07. The molecule has 0 radical (unpaired) electrons. The molecule has 27 heavy (non-hydrogen) atoms. The fourth-order valence-electron chi connectivity index (χ4n) is 2.78. The van der Waals surface area contributed by atoms with E-state index in [1.54, 1.807) is 0 Å². The highest BCUT2D eigenvalue weighted by Crippen LogP contribution is 2.27. The molecule has 0 saturated carbocycles. The van der Waals surface area contributed by atoms with Crippen LogP contribution in [0, 0.1) is 0 Å². The Labute approximate surface area is 161 Å². The van der Waals surface area contributed by atoms with Crippen molar-refractivity contribution in [2.24, 2.45) is 4.99 Å². The molecule has 138 valence electrons. The van der Waals surface area contributed by atoms with Gasteiger partial charge in [-0.1, -0.05) is 48.5 Å². The van der Waals surface area contributed by atoms with Gasteiger partial charge in [-0.2, -0.15) is 0 Å². The zero-order valence-electron chi connectivity index (χ0n) is 15.8. The van der Waals surface area contributed by atoms with Crippen molar-refractivity contribution < 1.29 is 9.47 Å². The standard InChI is InChI=1S/C24H25NO2/c1-3-26-24-12-8-7-11-23(24)19(2)25-17-20-13-15-22(16-14-20)27-18-21-9-5-4-6-10-21/h4-17,19H,3,18H2,1-2H3/b25-17-. The highest BCUT2D eigenvalue weighted by atomic mass is 16.5. The molecule has 0 aliphatic heterocycles. The summed E-state index contributed by atoms with van der Waals surface area (Å²) in [6, 6.07) is 26.2. The third-order valence-electron chi connectivity index (χ3n) is 4.24. The molecule has 0 bridgehead atoms. The highest BCUT2D eigenvalue weighted by Gasteiger charge is 2.09. The van der Waals surface area contributed by atoms with Crippen LogP contribution in [-0.4, -0.2) is 12.8 Å². The second-order valence-corrected chi connectivity index (χ2v) is 6.27. The SMILES string of the molecule is CCOc1ccccc1C(C)/N=C\c1ccc(OCc2ccccc2)cc1. The topological polar surface area (TPSA) is 30.8 Å². The van der Waals surface area contributed by atoms with Crippen LogP contribution < -0.4 is 9.47 Å². The van der Waals surface area contributed by atoms with Gasteiger partial charge < -0.3 is 9.47 Å². The van der Waals surface area contributed by atoms with E-state index in [0.29, 0.717) is 13.2 Å². The monoisotopic (exact) mass is 359 g/mol. The van der Waals surface area contributed by atoms with E-state index >= 15 is 0 Å². The maximum absolute atomic E-state index is 5.82. The Morgan fingerprint density at radius 2 is 1.56 bits per heavy atom. The molecule has 0 fully saturated rings. The minimum absolute atomic E-state index is 0.0294. The van der Waals surface area contributed by atoms with E-state index < -0.39 is 0 Å². The largest absolute Gasteiger partial charge is 0.494 e. The second kappa shape index (κ2) is 9.58. The zero-order chi connectivity index (χ0) is 18.9. The number of nitrogens with zero attached hydrogens (tertiary/aromatic N) is 1. The van der Waals surface area contributed by atoms with Gasteiger partial charge in [0.25, 0.3) is 0 Å². The van der Waals surface area contributed by atoms with Crippen LogP contribution in [0.2, 0.25) is 0 Å². The molecule has 1 atom stereocenters. The van der Waals surface area contributed by atoms with Crippen LogP contribution in [0.15, 0.2) is 83.9 Å². The van der Waals surface area contributed by atoms with Crippen LogP contribution in [0.1, 0.15) is 36.6 Å². The van der Waals surface area contributed by atoms with Crippen molar-refractivity contribution in [1.29, 1.82) is 0 Å². The van der Waals surface area contributed by atoms with Gasteiger partial charge in [-0.05, 0) is 55.3 Å². The van der Waals surface area contributed by atoms with E-state index in [0.717, 1.165) is 28.2 Å². The first-order valence-electron chi connectivity index (χ1n) is 9.28. The van der Waals surface area contributed by atoms with Crippen molar-refractivity contribution >= 4 is 6.21 Å². The van der Waals surface area contributed by atoms with E-state index in [-0.39, 0.29) is 6.04 Å². The summed E-state index contributed by atoms with van der Waals surface area (Å²) in [7, 11) is 0. The molecular formula is C24H25NO2. The van der Waals surface area contributed by atoms with Crippen molar-refractivity contribution in [2.45, 2.75) is 26.5 Å². The van der Waals surface area contributed by atoms with Crippen molar-refractivity contribution in [1.82, 2.24) is 0 Å². The molecule has 0 N–H and O–H groups in total. The number of hydrogen-bond donors (Lipinski definition) is 0. The molecular weight excluding hydrogens is 334 g/mol. The number of para-hydroxylation sites is 1. The number of benzene rings is 3. The number of aliphatic imine (C=N–C) groups is 1. The lowest BCUT2D eigenvalue weighted by molar-refractivity contribution is 0.306. The van der Waals surface area contributed by atoms with Crippen molar-refractivity contribution in [2.75, 3.05) is 6.61 Å². The lowest BCUT2D eigenvalue weighted by Crippen LogP contribution is -1.99. The average molecular weight is 359 g/mol. The van der Waals surface area contributed by atoms with Crippen LogP contribution >= 0.6 is 0 Å². The quantitative estimate of drug-likeness (QED) is 0.473. The molecule has 0 saturated heterocycles. The second-order valence-electron chi connectivity index (χ2n) is 6.27. The third kappa shape index (κ3) is 5.45. The fourth-order valence-corrected chi connectivity index (χ4v) is 2.78. The molecule has 0 aromatic heterocycles. The summed E-state index contributed by atoms with van der Waals surface area (Å²) in [5.74, 6) is 1.75. The van der Waals surface area contributed by atoms with Crippen LogP contribution in [-0.2, 0) is 6.61 Å². The average Bonchev–Trinajstić information content (AvgIpc) is 2.73. The molecule has 0 heterocycles. The van der Waals surface area contributed by atoms with Crippen LogP contribution in [0.25, 0.3) is 0 Å². The molecule has 0 aliphatic carbocycles. The molecule has 0 aliphatic rings. The minimum Gasteiger partial charge on any atom is -0.494 e. The van der Waals surface area contributed by atoms with Gasteiger partial charge in [-0.3, -0.25) is 4.99 Å². The molecule has 3 nitrogen and oxygen atoms in total. The zero-order valence-corrected chi connectivity index (χ0v) is 15.8. The normalized spacial score (nSPS) is 12.1. The first-order chi connectivity index (χ1) is 13.3. The van der Waals surface area contributed by atoms with E-state index in [2.05, 4.69) is 30.1 Å². The Balaban J connectivity index is 1.60. The van der Waals surface area contributed by atoms with Gasteiger partial charge in [0.2, 0.25) is 0 Å². The van der Waals surface area contributed by atoms with Crippen LogP contribution in [0.3, 0.4) is 0 Å². The number of rotatable bonds is 8. The van der Waals surface area contributed by atoms with Gasteiger partial charge in [-0.15, -0.1) is 0 Å². The van der Waals surface area contributed by atoms with E-state index in [1.807, 2.05) is 73.8 Å². The maximum atomic E-state index is 5.82. The molecule has 0 amide bonds. The Bertz CT molecular complexity index is 857. The molecule has 3 aromatic rings. The van der Waals surface area contributed by atoms with Gasteiger partial charge >= 0.3 is 0 Å².